The smallest absolute Gasteiger partial charge is 0.136 e. The first kappa shape index (κ1) is 16.4. The van der Waals surface area contributed by atoms with Crippen molar-refractivity contribution < 1.29 is 9.84 Å². The Hall–Kier alpha value is -0.960. The Morgan fingerprint density at radius 1 is 1.48 bits per heavy atom. The lowest BCUT2D eigenvalue weighted by atomic mass is 9.83. The number of rotatable bonds is 4. The largest absolute Gasteiger partial charge is 0.506 e. The summed E-state index contributed by atoms with van der Waals surface area (Å²) in [5, 5.41) is 19.8. The maximum absolute atomic E-state index is 10.5. The van der Waals surface area contributed by atoms with Gasteiger partial charge in [0.2, 0.25) is 0 Å². The normalized spacial score (nSPS) is 19.5. The molecule has 0 spiro atoms. The number of nitriles is 1. The van der Waals surface area contributed by atoms with Crippen LogP contribution in [0.25, 0.3) is 0 Å². The number of aryl methyl sites for hydroxylation is 1. The number of benzene rings is 1. The summed E-state index contributed by atoms with van der Waals surface area (Å²) in [6, 6.07) is 4.36. The molecule has 1 aromatic carbocycles. The van der Waals surface area contributed by atoms with Crippen molar-refractivity contribution >= 4 is 22.6 Å². The van der Waals surface area contributed by atoms with Crippen LogP contribution in [0, 0.1) is 20.8 Å². The fraction of sp³-hybridized carbons (Fsp3) is 0.588. The Balaban J connectivity index is 2.37. The Kier molecular flexibility index (Phi) is 5.03. The third kappa shape index (κ3) is 3.28. The summed E-state index contributed by atoms with van der Waals surface area (Å²) in [7, 11) is 0. The first-order chi connectivity index (χ1) is 9.90. The standard InChI is InChI=1S/C17H22INO2/c1-4-5-6-7-11-8-14-13(16(20)15(11)18)9-12(10-19)17(2,3)21-14/h8,12,20H,4-7,9H2,1-3H3. The van der Waals surface area contributed by atoms with Crippen LogP contribution in [0.1, 0.15) is 51.2 Å². The van der Waals surface area contributed by atoms with Gasteiger partial charge < -0.3 is 9.84 Å². The highest BCUT2D eigenvalue weighted by molar-refractivity contribution is 14.1. The van der Waals surface area contributed by atoms with Crippen LogP contribution in [0.4, 0.5) is 0 Å². The molecule has 1 N–H and O–H groups in total. The molecule has 1 atom stereocenters. The molecular formula is C17H22INO2. The van der Waals surface area contributed by atoms with Crippen LogP contribution >= 0.6 is 22.6 Å². The van der Waals surface area contributed by atoms with Crippen LogP contribution in [-0.2, 0) is 12.8 Å². The van der Waals surface area contributed by atoms with Gasteiger partial charge in [0.15, 0.2) is 0 Å². The molecule has 114 valence electrons. The van der Waals surface area contributed by atoms with Gasteiger partial charge in [-0.2, -0.15) is 5.26 Å². The topological polar surface area (TPSA) is 53.2 Å². The summed E-state index contributed by atoms with van der Waals surface area (Å²) in [5.41, 5.74) is 1.41. The van der Waals surface area contributed by atoms with Gasteiger partial charge in [0.25, 0.3) is 0 Å². The zero-order valence-electron chi connectivity index (χ0n) is 12.9. The molecule has 4 heteroatoms. The second-order valence-corrected chi connectivity index (χ2v) is 7.30. The molecule has 21 heavy (non-hydrogen) atoms. The van der Waals surface area contributed by atoms with Gasteiger partial charge in [-0.1, -0.05) is 19.8 Å². The van der Waals surface area contributed by atoms with Crippen molar-refractivity contribution in [3.63, 3.8) is 0 Å². The molecule has 0 saturated heterocycles. The first-order valence-electron chi connectivity index (χ1n) is 7.52. The third-order valence-corrected chi connectivity index (χ3v) is 5.41. The molecule has 1 aliphatic heterocycles. The van der Waals surface area contributed by atoms with Gasteiger partial charge in [-0.15, -0.1) is 0 Å². The number of hydrogen-bond acceptors (Lipinski definition) is 3. The van der Waals surface area contributed by atoms with Gasteiger partial charge in [-0.25, -0.2) is 0 Å². The van der Waals surface area contributed by atoms with E-state index >= 15 is 0 Å². The van der Waals surface area contributed by atoms with Crippen LogP contribution in [0.3, 0.4) is 0 Å². The number of phenols is 1. The number of ether oxygens (including phenoxy) is 1. The minimum Gasteiger partial charge on any atom is -0.506 e. The summed E-state index contributed by atoms with van der Waals surface area (Å²) in [6.45, 7) is 6.06. The summed E-state index contributed by atoms with van der Waals surface area (Å²) in [6.07, 6.45) is 5.00. The van der Waals surface area contributed by atoms with E-state index in [9.17, 15) is 10.4 Å². The predicted molar refractivity (Wildman–Crippen MR) is 91.6 cm³/mol. The molecule has 1 heterocycles. The zero-order chi connectivity index (χ0) is 15.6. The van der Waals surface area contributed by atoms with Gasteiger partial charge in [0.1, 0.15) is 17.1 Å². The van der Waals surface area contributed by atoms with Crippen LogP contribution < -0.4 is 4.74 Å². The number of phenolic OH excluding ortho intramolecular Hbond substituents is 1. The Bertz CT molecular complexity index is 575. The monoisotopic (exact) mass is 399 g/mol. The van der Waals surface area contributed by atoms with Crippen LogP contribution in [0.2, 0.25) is 0 Å². The number of fused-ring (bicyclic) bond motifs is 1. The Morgan fingerprint density at radius 3 is 2.81 bits per heavy atom. The second-order valence-electron chi connectivity index (χ2n) is 6.22. The molecule has 1 unspecified atom stereocenters. The van der Waals surface area contributed by atoms with E-state index in [1.165, 1.54) is 12.8 Å². The minimum atomic E-state index is -0.512. The number of halogens is 1. The minimum absolute atomic E-state index is 0.238. The van der Waals surface area contributed by atoms with Crippen LogP contribution in [0.5, 0.6) is 11.5 Å². The molecule has 2 rings (SSSR count). The van der Waals surface area contributed by atoms with Crippen molar-refractivity contribution in [2.75, 3.05) is 0 Å². The average Bonchev–Trinajstić information content (AvgIpc) is 2.43. The summed E-state index contributed by atoms with van der Waals surface area (Å²) < 4.78 is 6.92. The highest BCUT2D eigenvalue weighted by Crippen LogP contribution is 2.44. The van der Waals surface area contributed by atoms with Crippen molar-refractivity contribution in [1.29, 1.82) is 5.26 Å². The van der Waals surface area contributed by atoms with Crippen LogP contribution in [-0.4, -0.2) is 10.7 Å². The fourth-order valence-corrected chi connectivity index (χ4v) is 3.50. The second kappa shape index (κ2) is 6.43. The molecule has 0 fully saturated rings. The number of unbranched alkanes of at least 4 members (excludes halogenated alkanes) is 2. The van der Waals surface area contributed by atoms with E-state index in [1.807, 2.05) is 13.8 Å². The Labute approximate surface area is 140 Å². The van der Waals surface area contributed by atoms with Crippen molar-refractivity contribution in [1.82, 2.24) is 0 Å². The molecule has 0 radical (unpaired) electrons. The van der Waals surface area contributed by atoms with E-state index in [1.54, 1.807) is 0 Å². The van der Waals surface area contributed by atoms with E-state index in [0.29, 0.717) is 12.2 Å². The van der Waals surface area contributed by atoms with E-state index in [2.05, 4.69) is 41.7 Å². The summed E-state index contributed by atoms with van der Waals surface area (Å²) in [4.78, 5) is 0. The van der Waals surface area contributed by atoms with Gasteiger partial charge in [0, 0.05) is 5.56 Å². The third-order valence-electron chi connectivity index (χ3n) is 4.20. The van der Waals surface area contributed by atoms with Gasteiger partial charge >= 0.3 is 0 Å². The lowest BCUT2D eigenvalue weighted by Crippen LogP contribution is -2.41. The quantitative estimate of drug-likeness (QED) is 0.596. The lowest BCUT2D eigenvalue weighted by Gasteiger charge is -2.37. The zero-order valence-corrected chi connectivity index (χ0v) is 15.0. The highest BCUT2D eigenvalue weighted by Gasteiger charge is 2.39. The molecular weight excluding hydrogens is 377 g/mol. The van der Waals surface area contributed by atoms with Gasteiger partial charge in [-0.05, 0) is 67.3 Å². The molecule has 1 aromatic rings. The van der Waals surface area contributed by atoms with Gasteiger partial charge in [-0.3, -0.25) is 0 Å². The molecule has 0 bridgehead atoms. The molecule has 1 aliphatic rings. The number of nitrogens with zero attached hydrogens (tertiary/aromatic N) is 1. The van der Waals surface area contributed by atoms with E-state index in [-0.39, 0.29) is 5.92 Å². The SMILES string of the molecule is CCCCCc1cc2c(c(O)c1I)CC(C#N)C(C)(C)O2. The maximum atomic E-state index is 10.5. The molecule has 0 aromatic heterocycles. The lowest BCUT2D eigenvalue weighted by molar-refractivity contribution is 0.0503. The first-order valence-corrected chi connectivity index (χ1v) is 8.60. The molecule has 0 amide bonds. The summed E-state index contributed by atoms with van der Waals surface area (Å²) in [5.74, 6) is 0.809. The Morgan fingerprint density at radius 2 is 2.19 bits per heavy atom. The van der Waals surface area contributed by atoms with E-state index in [4.69, 9.17) is 4.74 Å². The number of aromatic hydroxyl groups is 1. The molecule has 3 nitrogen and oxygen atoms in total. The van der Waals surface area contributed by atoms with Crippen LogP contribution in [0.15, 0.2) is 6.07 Å². The van der Waals surface area contributed by atoms with Crippen molar-refractivity contribution in [2.45, 2.75) is 58.5 Å². The van der Waals surface area contributed by atoms with Crippen molar-refractivity contribution in [2.24, 2.45) is 5.92 Å². The maximum Gasteiger partial charge on any atom is 0.136 e. The van der Waals surface area contributed by atoms with Crippen molar-refractivity contribution in [3.05, 3.63) is 20.8 Å². The van der Waals surface area contributed by atoms with E-state index < -0.39 is 5.60 Å². The summed E-state index contributed by atoms with van der Waals surface area (Å²) >= 11 is 2.20. The predicted octanol–water partition coefficient (Wildman–Crippen LogP) is 4.58. The molecule has 0 aliphatic carbocycles. The highest BCUT2D eigenvalue weighted by atomic mass is 127. The average molecular weight is 399 g/mol. The van der Waals surface area contributed by atoms with E-state index in [0.717, 1.165) is 33.3 Å². The van der Waals surface area contributed by atoms with Crippen molar-refractivity contribution in [3.8, 4) is 17.6 Å². The number of hydrogen-bond donors (Lipinski definition) is 1. The van der Waals surface area contributed by atoms with Gasteiger partial charge in [0.05, 0.1) is 15.6 Å². The molecule has 0 saturated carbocycles. The fourth-order valence-electron chi connectivity index (χ4n) is 2.75.